The van der Waals surface area contributed by atoms with Crippen LogP contribution in [-0.2, 0) is 0 Å². The van der Waals surface area contributed by atoms with E-state index in [9.17, 15) is 0 Å². The number of rotatable bonds is 1. The van der Waals surface area contributed by atoms with E-state index >= 15 is 0 Å². The van der Waals surface area contributed by atoms with E-state index in [0.717, 1.165) is 39.6 Å². The summed E-state index contributed by atoms with van der Waals surface area (Å²) in [6.45, 7) is 2.20. The van der Waals surface area contributed by atoms with Gasteiger partial charge in [-0.05, 0) is 25.1 Å². The third-order valence-corrected chi connectivity index (χ3v) is 3.11. The second-order valence-corrected chi connectivity index (χ2v) is 4.26. The summed E-state index contributed by atoms with van der Waals surface area (Å²) in [6, 6.07) is 7.79. The molecule has 0 atom stereocenters. The molecule has 1 aliphatic heterocycles. The minimum absolute atomic E-state index is 0.287. The van der Waals surface area contributed by atoms with Gasteiger partial charge >= 0.3 is 0 Å². The first-order valence-electron chi connectivity index (χ1n) is 5.66. The monoisotopic (exact) mass is 242 g/mol. The van der Waals surface area contributed by atoms with E-state index in [2.05, 4.69) is 10.1 Å². The van der Waals surface area contributed by atoms with Gasteiger partial charge in [0, 0.05) is 17.3 Å². The number of benzene rings is 1. The molecule has 18 heavy (non-hydrogen) atoms. The quantitative estimate of drug-likeness (QED) is 0.712. The summed E-state index contributed by atoms with van der Waals surface area (Å²) in [7, 11) is 0. The second-order valence-electron chi connectivity index (χ2n) is 4.26. The van der Waals surface area contributed by atoms with Gasteiger partial charge in [-0.2, -0.15) is 0 Å². The highest BCUT2D eigenvalue weighted by molar-refractivity contribution is 5.83. The van der Waals surface area contributed by atoms with Crippen molar-refractivity contribution < 1.29 is 14.0 Å². The summed E-state index contributed by atoms with van der Waals surface area (Å²) in [5.74, 6) is 1.56. The Bertz CT molecular complexity index is 742. The molecule has 5 nitrogen and oxygen atoms in total. The van der Waals surface area contributed by atoms with Crippen molar-refractivity contribution in [1.82, 2.24) is 10.1 Å². The highest BCUT2D eigenvalue weighted by Gasteiger charge is 2.16. The van der Waals surface area contributed by atoms with Crippen molar-refractivity contribution in [3.63, 3.8) is 0 Å². The first-order chi connectivity index (χ1) is 8.81. The summed E-state index contributed by atoms with van der Waals surface area (Å²) in [5.41, 5.74) is 4.57. The molecule has 5 heteroatoms. The first-order valence-corrected chi connectivity index (χ1v) is 5.66. The molecular formula is C13H10N2O3. The van der Waals surface area contributed by atoms with Crippen LogP contribution in [0.1, 0.15) is 5.69 Å². The molecule has 3 heterocycles. The van der Waals surface area contributed by atoms with E-state index in [1.54, 1.807) is 0 Å². The van der Waals surface area contributed by atoms with Crippen molar-refractivity contribution in [3.05, 3.63) is 30.0 Å². The zero-order valence-corrected chi connectivity index (χ0v) is 9.69. The van der Waals surface area contributed by atoms with Gasteiger partial charge < -0.3 is 19.0 Å². The van der Waals surface area contributed by atoms with Crippen LogP contribution in [0.4, 0.5) is 0 Å². The van der Waals surface area contributed by atoms with Gasteiger partial charge in [0.1, 0.15) is 11.2 Å². The smallest absolute Gasteiger partial charge is 0.231 e. The summed E-state index contributed by atoms with van der Waals surface area (Å²) in [6.07, 6.45) is 0. The normalized spacial score (nSPS) is 13.4. The van der Waals surface area contributed by atoms with Crippen LogP contribution in [0.3, 0.4) is 0 Å². The van der Waals surface area contributed by atoms with E-state index < -0.39 is 0 Å². The molecule has 0 bridgehead atoms. The maximum absolute atomic E-state index is 5.37. The molecule has 0 fully saturated rings. The van der Waals surface area contributed by atoms with Gasteiger partial charge in [-0.25, -0.2) is 0 Å². The molecule has 0 saturated heterocycles. The van der Waals surface area contributed by atoms with Gasteiger partial charge in [-0.15, -0.1) is 0 Å². The summed E-state index contributed by atoms with van der Waals surface area (Å²) in [5, 5.41) is 3.90. The molecule has 1 aromatic carbocycles. The van der Waals surface area contributed by atoms with Crippen LogP contribution < -0.4 is 9.47 Å². The Labute approximate surface area is 102 Å². The molecule has 4 rings (SSSR count). The number of aryl methyl sites for hydroxylation is 1. The lowest BCUT2D eigenvalue weighted by Crippen LogP contribution is -1.92. The lowest BCUT2D eigenvalue weighted by atomic mass is 10.1. The Balaban J connectivity index is 1.86. The summed E-state index contributed by atoms with van der Waals surface area (Å²) in [4.78, 5) is 3.30. The lowest BCUT2D eigenvalue weighted by Gasteiger charge is -2.00. The van der Waals surface area contributed by atoms with Gasteiger partial charge in [-0.1, -0.05) is 5.16 Å². The average molecular weight is 242 g/mol. The van der Waals surface area contributed by atoms with E-state index in [4.69, 9.17) is 14.0 Å². The van der Waals surface area contributed by atoms with Crippen LogP contribution in [0.5, 0.6) is 11.5 Å². The highest BCUT2D eigenvalue weighted by atomic mass is 16.7. The fraction of sp³-hybridized carbons (Fsp3) is 0.154. The van der Waals surface area contributed by atoms with Crippen LogP contribution in [0, 0.1) is 6.92 Å². The van der Waals surface area contributed by atoms with Crippen molar-refractivity contribution >= 4 is 11.1 Å². The molecule has 0 unspecified atom stereocenters. The van der Waals surface area contributed by atoms with E-state index in [-0.39, 0.29) is 6.79 Å². The molecule has 0 amide bonds. The molecular weight excluding hydrogens is 232 g/mol. The molecule has 1 N–H and O–H groups in total. The van der Waals surface area contributed by atoms with Crippen LogP contribution in [-0.4, -0.2) is 16.9 Å². The number of aromatic amines is 1. The Hall–Kier alpha value is -2.43. The van der Waals surface area contributed by atoms with Gasteiger partial charge in [0.25, 0.3) is 0 Å². The zero-order chi connectivity index (χ0) is 12.1. The maximum Gasteiger partial charge on any atom is 0.231 e. The van der Waals surface area contributed by atoms with Crippen molar-refractivity contribution in [1.29, 1.82) is 0 Å². The number of nitrogens with zero attached hydrogens (tertiary/aromatic N) is 1. The summed E-state index contributed by atoms with van der Waals surface area (Å²) >= 11 is 0. The Morgan fingerprint density at radius 3 is 2.94 bits per heavy atom. The number of fused-ring (bicyclic) bond motifs is 2. The van der Waals surface area contributed by atoms with Gasteiger partial charge in [0.05, 0.1) is 0 Å². The van der Waals surface area contributed by atoms with E-state index in [1.165, 1.54) is 0 Å². The molecule has 0 saturated carbocycles. The van der Waals surface area contributed by atoms with Crippen molar-refractivity contribution in [2.75, 3.05) is 6.79 Å². The molecule has 0 aliphatic carbocycles. The van der Waals surface area contributed by atoms with E-state index in [0.29, 0.717) is 0 Å². The molecule has 1 aliphatic rings. The number of nitrogens with one attached hydrogen (secondary N) is 1. The van der Waals surface area contributed by atoms with Crippen molar-refractivity contribution in [2.24, 2.45) is 0 Å². The fourth-order valence-electron chi connectivity index (χ4n) is 2.16. The van der Waals surface area contributed by atoms with Crippen molar-refractivity contribution in [3.8, 4) is 22.8 Å². The number of aromatic nitrogens is 2. The lowest BCUT2D eigenvalue weighted by molar-refractivity contribution is 0.174. The number of H-pyrrole nitrogens is 1. The highest BCUT2D eigenvalue weighted by Crippen LogP contribution is 2.36. The predicted molar refractivity (Wildman–Crippen MR) is 64.7 cm³/mol. The number of hydrogen-bond acceptors (Lipinski definition) is 4. The van der Waals surface area contributed by atoms with Crippen LogP contribution in [0.15, 0.2) is 28.8 Å². The van der Waals surface area contributed by atoms with E-state index in [1.807, 2.05) is 31.2 Å². The van der Waals surface area contributed by atoms with Gasteiger partial charge in [0.2, 0.25) is 6.79 Å². The number of hydrogen-bond donors (Lipinski definition) is 1. The minimum Gasteiger partial charge on any atom is -0.454 e. The molecule has 0 spiro atoms. The van der Waals surface area contributed by atoms with Gasteiger partial charge in [-0.3, -0.25) is 0 Å². The topological polar surface area (TPSA) is 60.3 Å². The zero-order valence-electron chi connectivity index (χ0n) is 9.69. The minimum atomic E-state index is 0.287. The summed E-state index contributed by atoms with van der Waals surface area (Å²) < 4.78 is 15.9. The Morgan fingerprint density at radius 2 is 2.06 bits per heavy atom. The molecule has 3 aromatic rings. The first kappa shape index (κ1) is 9.58. The third-order valence-electron chi connectivity index (χ3n) is 3.11. The van der Waals surface area contributed by atoms with Gasteiger partial charge in [0.15, 0.2) is 17.1 Å². The third kappa shape index (κ3) is 1.24. The van der Waals surface area contributed by atoms with Crippen LogP contribution in [0.2, 0.25) is 0 Å². The van der Waals surface area contributed by atoms with Crippen LogP contribution in [0.25, 0.3) is 22.4 Å². The molecule has 90 valence electrons. The largest absolute Gasteiger partial charge is 0.454 e. The molecule has 0 radical (unpaired) electrons. The van der Waals surface area contributed by atoms with Crippen molar-refractivity contribution in [2.45, 2.75) is 6.92 Å². The Kier molecular flexibility index (Phi) is 1.75. The second kappa shape index (κ2) is 3.29. The standard InChI is InChI=1S/C13H10N2O3/c1-7-13-12(18-15-7)5-9(14-13)8-2-3-10-11(4-8)17-6-16-10/h2-5,14H,6H2,1H3. The SMILES string of the molecule is Cc1noc2cc(-c3ccc4c(c3)OCO4)[nH]c12. The fourth-order valence-corrected chi connectivity index (χ4v) is 2.16. The average Bonchev–Trinajstić information content (AvgIpc) is 3.05. The predicted octanol–water partition coefficient (Wildman–Crippen LogP) is 2.86. The maximum atomic E-state index is 5.37. The Morgan fingerprint density at radius 1 is 1.17 bits per heavy atom. The molecule has 2 aromatic heterocycles. The van der Waals surface area contributed by atoms with Crippen LogP contribution >= 0.6 is 0 Å². The number of ether oxygens (including phenoxy) is 2.